The van der Waals surface area contributed by atoms with E-state index in [1.54, 1.807) is 0 Å². The minimum atomic E-state index is 0.316. The van der Waals surface area contributed by atoms with Gasteiger partial charge in [-0.3, -0.25) is 0 Å². The molecule has 0 spiro atoms. The zero-order valence-electron chi connectivity index (χ0n) is 12.5. The topological polar surface area (TPSA) is 47.0 Å². The molecule has 0 saturated heterocycles. The van der Waals surface area contributed by atoms with Gasteiger partial charge in [-0.2, -0.15) is 0 Å². The van der Waals surface area contributed by atoms with Crippen molar-refractivity contribution in [1.82, 2.24) is 14.9 Å². The van der Waals surface area contributed by atoms with Gasteiger partial charge in [0.15, 0.2) is 0 Å². The van der Waals surface area contributed by atoms with E-state index in [4.69, 9.17) is 4.74 Å². The molecule has 2 atom stereocenters. The molecule has 1 aromatic carbocycles. The van der Waals surface area contributed by atoms with Crippen molar-refractivity contribution < 1.29 is 4.74 Å². The Morgan fingerprint density at radius 1 is 1.43 bits per heavy atom. The Bertz CT molecular complexity index is 599. The number of benzene rings is 1. The van der Waals surface area contributed by atoms with Gasteiger partial charge in [0.1, 0.15) is 5.75 Å². The van der Waals surface area contributed by atoms with Crippen molar-refractivity contribution in [2.45, 2.75) is 38.1 Å². The van der Waals surface area contributed by atoms with Crippen LogP contribution in [0.15, 0.2) is 24.3 Å². The molecule has 4 nitrogen and oxygen atoms in total. The minimum Gasteiger partial charge on any atom is -0.493 e. The summed E-state index contributed by atoms with van der Waals surface area (Å²) in [6, 6.07) is 8.72. The van der Waals surface area contributed by atoms with Crippen LogP contribution in [-0.2, 0) is 6.42 Å². The fourth-order valence-electron chi connectivity index (χ4n) is 3.03. The molecule has 21 heavy (non-hydrogen) atoms. The number of aryl methyl sites for hydroxylation is 1. The number of fused-ring (bicyclic) bond motifs is 1. The lowest BCUT2D eigenvalue weighted by Gasteiger charge is -2.28. The van der Waals surface area contributed by atoms with Crippen molar-refractivity contribution in [3.05, 3.63) is 40.4 Å². The van der Waals surface area contributed by atoms with Gasteiger partial charge in [0.25, 0.3) is 0 Å². The molecule has 2 unspecified atom stereocenters. The number of aromatic nitrogens is 2. The van der Waals surface area contributed by atoms with Gasteiger partial charge in [-0.1, -0.05) is 29.6 Å². The summed E-state index contributed by atoms with van der Waals surface area (Å²) in [4.78, 5) is 1.28. The van der Waals surface area contributed by atoms with E-state index in [0.717, 1.165) is 37.3 Å². The number of nitrogens with one attached hydrogen (secondary N) is 1. The molecule has 0 fully saturated rings. The molecule has 1 aliphatic rings. The van der Waals surface area contributed by atoms with E-state index in [-0.39, 0.29) is 0 Å². The summed E-state index contributed by atoms with van der Waals surface area (Å²) >= 11 is 1.52. The van der Waals surface area contributed by atoms with E-state index in [0.29, 0.717) is 12.0 Å². The van der Waals surface area contributed by atoms with Gasteiger partial charge in [-0.05, 0) is 55.4 Å². The highest BCUT2D eigenvalue weighted by Gasteiger charge is 2.26. The molecule has 0 saturated carbocycles. The highest BCUT2D eigenvalue weighted by molar-refractivity contribution is 7.05. The third-order valence-electron chi connectivity index (χ3n) is 4.19. The van der Waals surface area contributed by atoms with Crippen molar-refractivity contribution in [1.29, 1.82) is 0 Å². The van der Waals surface area contributed by atoms with Crippen LogP contribution in [0.5, 0.6) is 5.75 Å². The molecule has 0 radical (unpaired) electrons. The van der Waals surface area contributed by atoms with E-state index in [1.165, 1.54) is 22.0 Å². The van der Waals surface area contributed by atoms with E-state index < -0.39 is 0 Å². The fraction of sp³-hybridized carbons (Fsp3) is 0.500. The minimum absolute atomic E-state index is 0.316. The van der Waals surface area contributed by atoms with Gasteiger partial charge in [0, 0.05) is 6.04 Å². The van der Waals surface area contributed by atoms with E-state index in [2.05, 4.69) is 40.0 Å². The van der Waals surface area contributed by atoms with Crippen LogP contribution in [0, 0.1) is 0 Å². The first-order valence-electron chi connectivity index (χ1n) is 7.53. The highest BCUT2D eigenvalue weighted by Crippen LogP contribution is 2.39. The predicted octanol–water partition coefficient (Wildman–Crippen LogP) is 3.32. The number of rotatable bonds is 5. The quantitative estimate of drug-likeness (QED) is 0.920. The Hall–Kier alpha value is -1.46. The summed E-state index contributed by atoms with van der Waals surface area (Å²) in [5.41, 5.74) is 2.46. The summed E-state index contributed by atoms with van der Waals surface area (Å²) in [6.07, 6.45) is 3.07. The Morgan fingerprint density at radius 2 is 2.29 bits per heavy atom. The summed E-state index contributed by atoms with van der Waals surface area (Å²) in [7, 11) is 2.02. The maximum atomic E-state index is 5.76. The number of ether oxygens (including phenoxy) is 1. The predicted molar refractivity (Wildman–Crippen MR) is 85.0 cm³/mol. The van der Waals surface area contributed by atoms with Crippen LogP contribution in [-0.4, -0.2) is 23.2 Å². The molecule has 0 aliphatic carbocycles. The fourth-order valence-corrected chi connectivity index (χ4v) is 3.89. The highest BCUT2D eigenvalue weighted by atomic mass is 32.1. The first kappa shape index (κ1) is 14.5. The largest absolute Gasteiger partial charge is 0.493 e. The number of para-hydroxylation sites is 1. The van der Waals surface area contributed by atoms with Crippen LogP contribution in [0.25, 0.3) is 0 Å². The zero-order chi connectivity index (χ0) is 14.7. The number of hydrogen-bond acceptors (Lipinski definition) is 5. The molecule has 2 aromatic rings. The van der Waals surface area contributed by atoms with Crippen LogP contribution in [0.4, 0.5) is 0 Å². The molecule has 5 heteroatoms. The number of hydrogen-bond donors (Lipinski definition) is 1. The normalized spacial score (nSPS) is 18.9. The summed E-state index contributed by atoms with van der Waals surface area (Å²) in [5, 5.41) is 7.69. The monoisotopic (exact) mass is 303 g/mol. The van der Waals surface area contributed by atoms with Crippen LogP contribution < -0.4 is 10.1 Å². The smallest absolute Gasteiger partial charge is 0.122 e. The summed E-state index contributed by atoms with van der Waals surface area (Å²) in [6.45, 7) is 2.94. The maximum absolute atomic E-state index is 5.76. The third kappa shape index (κ3) is 2.94. The van der Waals surface area contributed by atoms with Gasteiger partial charge >= 0.3 is 0 Å². The Morgan fingerprint density at radius 3 is 3.10 bits per heavy atom. The van der Waals surface area contributed by atoms with Crippen molar-refractivity contribution in [2.75, 3.05) is 13.7 Å². The van der Waals surface area contributed by atoms with Gasteiger partial charge in [0.05, 0.1) is 17.2 Å². The molecule has 1 N–H and O–H groups in total. The molecule has 0 amide bonds. The Labute approximate surface area is 129 Å². The summed E-state index contributed by atoms with van der Waals surface area (Å²) < 4.78 is 9.89. The molecule has 3 rings (SSSR count). The van der Waals surface area contributed by atoms with Crippen LogP contribution >= 0.6 is 11.5 Å². The maximum Gasteiger partial charge on any atom is 0.122 e. The lowest BCUT2D eigenvalue weighted by molar-refractivity contribution is 0.256. The van der Waals surface area contributed by atoms with E-state index in [1.807, 2.05) is 13.1 Å². The first-order chi connectivity index (χ1) is 10.3. The standard InChI is InChI=1S/C16H21N3OS/c1-3-13-16(21-19-18-13)14(17-2)10-11-8-9-20-15-7-5-4-6-12(11)15/h4-7,11,14,17H,3,8-10H2,1-2H3. The second kappa shape index (κ2) is 6.54. The van der Waals surface area contributed by atoms with Crippen molar-refractivity contribution in [3.8, 4) is 5.75 Å². The molecule has 1 aromatic heterocycles. The van der Waals surface area contributed by atoms with Crippen LogP contribution in [0.1, 0.15) is 47.9 Å². The van der Waals surface area contributed by atoms with Crippen LogP contribution in [0.3, 0.4) is 0 Å². The molecular weight excluding hydrogens is 282 g/mol. The third-order valence-corrected chi connectivity index (χ3v) is 5.07. The second-order valence-electron chi connectivity index (χ2n) is 5.39. The average Bonchev–Trinajstić information content (AvgIpc) is 3.01. The Balaban J connectivity index is 1.82. The van der Waals surface area contributed by atoms with Crippen molar-refractivity contribution in [2.24, 2.45) is 0 Å². The lowest BCUT2D eigenvalue weighted by atomic mass is 9.87. The second-order valence-corrected chi connectivity index (χ2v) is 6.17. The SMILES string of the molecule is CCc1nnsc1C(CC1CCOc2ccccc21)NC. The van der Waals surface area contributed by atoms with Gasteiger partial charge in [-0.25, -0.2) is 0 Å². The zero-order valence-corrected chi connectivity index (χ0v) is 13.3. The number of nitrogens with zero attached hydrogens (tertiary/aromatic N) is 2. The van der Waals surface area contributed by atoms with E-state index >= 15 is 0 Å². The molecule has 1 aliphatic heterocycles. The Kier molecular flexibility index (Phi) is 4.51. The van der Waals surface area contributed by atoms with Crippen molar-refractivity contribution >= 4 is 11.5 Å². The van der Waals surface area contributed by atoms with Crippen molar-refractivity contribution in [3.63, 3.8) is 0 Å². The summed E-state index contributed by atoms with van der Waals surface area (Å²) in [5.74, 6) is 1.57. The molecular formula is C16H21N3OS. The van der Waals surface area contributed by atoms with Gasteiger partial charge < -0.3 is 10.1 Å². The molecule has 2 heterocycles. The first-order valence-corrected chi connectivity index (χ1v) is 8.31. The van der Waals surface area contributed by atoms with Gasteiger partial charge in [-0.15, -0.1) is 5.10 Å². The average molecular weight is 303 g/mol. The molecule has 112 valence electrons. The van der Waals surface area contributed by atoms with Crippen LogP contribution in [0.2, 0.25) is 0 Å². The van der Waals surface area contributed by atoms with Gasteiger partial charge in [0.2, 0.25) is 0 Å². The molecule has 0 bridgehead atoms. The van der Waals surface area contributed by atoms with E-state index in [9.17, 15) is 0 Å². The lowest BCUT2D eigenvalue weighted by Crippen LogP contribution is -2.22.